The molecule has 0 aromatic carbocycles. The number of carbonyl (C=O) groups is 1. The minimum absolute atomic E-state index is 0.0668. The van der Waals surface area contributed by atoms with E-state index in [1.165, 1.54) is 16.8 Å². The highest BCUT2D eigenvalue weighted by molar-refractivity contribution is 6.09. The SMILES string of the molecule is CC/C=C\CC(F)/N=C(\C=C/CC)NC(=O)c1ccc(=O)n(C(C)C)n1. The lowest BCUT2D eigenvalue weighted by Crippen LogP contribution is -2.33. The molecule has 6 nitrogen and oxygen atoms in total. The number of allylic oxidation sites excluding steroid dienone is 2. The van der Waals surface area contributed by atoms with E-state index in [-0.39, 0.29) is 29.6 Å². The Morgan fingerprint density at radius 1 is 1.27 bits per heavy atom. The minimum atomic E-state index is -1.45. The number of hydrogen-bond donors (Lipinski definition) is 1. The lowest BCUT2D eigenvalue weighted by atomic mass is 10.3. The van der Waals surface area contributed by atoms with Crippen molar-refractivity contribution in [3.05, 3.63) is 52.5 Å². The predicted octanol–water partition coefficient (Wildman–Crippen LogP) is 3.57. The molecule has 1 amide bonds. The summed E-state index contributed by atoms with van der Waals surface area (Å²) in [5.41, 5.74) is -0.222. The second kappa shape index (κ2) is 11.1. The molecule has 1 heterocycles. The minimum Gasteiger partial charge on any atom is -0.305 e. The third kappa shape index (κ3) is 7.13. The molecule has 7 heteroatoms. The van der Waals surface area contributed by atoms with Crippen molar-refractivity contribution in [2.24, 2.45) is 4.99 Å². The highest BCUT2D eigenvalue weighted by Gasteiger charge is 2.13. The summed E-state index contributed by atoms with van der Waals surface area (Å²) in [4.78, 5) is 28.1. The fourth-order valence-electron chi connectivity index (χ4n) is 2.02. The Labute approximate surface area is 153 Å². The number of amides is 1. The van der Waals surface area contributed by atoms with E-state index in [9.17, 15) is 14.0 Å². The van der Waals surface area contributed by atoms with Crippen LogP contribution in [0.5, 0.6) is 0 Å². The Balaban J connectivity index is 2.98. The Kier molecular flexibility index (Phi) is 9.19. The van der Waals surface area contributed by atoms with Gasteiger partial charge in [-0.2, -0.15) is 5.10 Å². The van der Waals surface area contributed by atoms with Gasteiger partial charge in [-0.05, 0) is 38.8 Å². The summed E-state index contributed by atoms with van der Waals surface area (Å²) in [5.74, 6) is -0.423. The molecule has 1 aromatic rings. The smallest absolute Gasteiger partial charge is 0.277 e. The molecule has 0 radical (unpaired) electrons. The number of amidine groups is 1. The second-order valence-electron chi connectivity index (χ2n) is 5.92. The van der Waals surface area contributed by atoms with Gasteiger partial charge in [0.1, 0.15) is 11.5 Å². The van der Waals surface area contributed by atoms with Crippen molar-refractivity contribution >= 4 is 11.7 Å². The fraction of sp³-hybridized carbons (Fsp3) is 0.474. The molecule has 1 atom stereocenters. The highest BCUT2D eigenvalue weighted by atomic mass is 19.1. The number of halogens is 1. The molecule has 1 N–H and O–H groups in total. The number of hydrogen-bond acceptors (Lipinski definition) is 4. The van der Waals surface area contributed by atoms with Crippen LogP contribution in [-0.2, 0) is 0 Å². The fourth-order valence-corrected chi connectivity index (χ4v) is 2.02. The first-order chi connectivity index (χ1) is 12.4. The van der Waals surface area contributed by atoms with E-state index in [4.69, 9.17) is 0 Å². The molecule has 0 spiro atoms. The Morgan fingerprint density at radius 3 is 2.58 bits per heavy atom. The standard InChI is InChI=1S/C19H27FN4O2/c1-5-7-9-10-16(20)21-17(11-8-6-2)22-19(26)15-12-13-18(25)24(23-15)14(3)4/h7-9,11-14,16H,5-6,10H2,1-4H3,(H,21,22,26)/b9-7-,11-8-. The van der Waals surface area contributed by atoms with Gasteiger partial charge in [0, 0.05) is 12.5 Å². The normalized spacial score (nSPS) is 13.7. The van der Waals surface area contributed by atoms with Crippen LogP contribution in [0.25, 0.3) is 0 Å². The number of nitrogens with zero attached hydrogens (tertiary/aromatic N) is 3. The van der Waals surface area contributed by atoms with Gasteiger partial charge in [-0.25, -0.2) is 14.1 Å². The molecule has 0 saturated carbocycles. The molecular formula is C19H27FN4O2. The zero-order chi connectivity index (χ0) is 19.5. The molecule has 26 heavy (non-hydrogen) atoms. The topological polar surface area (TPSA) is 76.3 Å². The van der Waals surface area contributed by atoms with Crippen LogP contribution in [0.15, 0.2) is 46.2 Å². The van der Waals surface area contributed by atoms with Gasteiger partial charge in [0.15, 0.2) is 6.30 Å². The molecule has 0 fully saturated rings. The van der Waals surface area contributed by atoms with Crippen molar-refractivity contribution in [1.82, 2.24) is 15.1 Å². The van der Waals surface area contributed by atoms with Gasteiger partial charge < -0.3 is 5.32 Å². The predicted molar refractivity (Wildman–Crippen MR) is 102 cm³/mol. The van der Waals surface area contributed by atoms with Crippen LogP contribution in [0.4, 0.5) is 4.39 Å². The van der Waals surface area contributed by atoms with Gasteiger partial charge >= 0.3 is 0 Å². The summed E-state index contributed by atoms with van der Waals surface area (Å²) >= 11 is 0. The van der Waals surface area contributed by atoms with E-state index in [1.54, 1.807) is 32.1 Å². The summed E-state index contributed by atoms with van der Waals surface area (Å²) in [6.07, 6.45) is 7.16. The van der Waals surface area contributed by atoms with E-state index in [2.05, 4.69) is 15.4 Å². The molecule has 1 unspecified atom stereocenters. The maximum absolute atomic E-state index is 14.0. The van der Waals surface area contributed by atoms with Gasteiger partial charge in [0.2, 0.25) is 0 Å². The third-order valence-corrected chi connectivity index (χ3v) is 3.31. The average Bonchev–Trinajstić information content (AvgIpc) is 2.59. The number of carbonyl (C=O) groups excluding carboxylic acids is 1. The number of alkyl halides is 1. The molecule has 0 saturated heterocycles. The largest absolute Gasteiger partial charge is 0.305 e. The molecule has 0 aliphatic carbocycles. The quantitative estimate of drug-likeness (QED) is 0.332. The molecule has 0 aliphatic rings. The van der Waals surface area contributed by atoms with E-state index < -0.39 is 12.2 Å². The molecule has 1 rings (SSSR count). The zero-order valence-corrected chi connectivity index (χ0v) is 15.8. The van der Waals surface area contributed by atoms with Crippen molar-refractivity contribution in [2.45, 2.75) is 59.3 Å². The van der Waals surface area contributed by atoms with E-state index in [1.807, 2.05) is 19.9 Å². The molecule has 1 aromatic heterocycles. The van der Waals surface area contributed by atoms with Crippen LogP contribution in [0, 0.1) is 0 Å². The van der Waals surface area contributed by atoms with E-state index in [0.29, 0.717) is 0 Å². The number of rotatable bonds is 8. The van der Waals surface area contributed by atoms with Crippen LogP contribution in [0.3, 0.4) is 0 Å². The molecule has 0 aliphatic heterocycles. The maximum Gasteiger partial charge on any atom is 0.277 e. The van der Waals surface area contributed by atoms with Crippen molar-refractivity contribution in [1.29, 1.82) is 0 Å². The average molecular weight is 362 g/mol. The van der Waals surface area contributed by atoms with Gasteiger partial charge in [0.05, 0.1) is 6.04 Å². The summed E-state index contributed by atoms with van der Waals surface area (Å²) in [5, 5.41) is 6.61. The van der Waals surface area contributed by atoms with E-state index in [0.717, 1.165) is 12.8 Å². The number of aliphatic imine (C=N–C) groups is 1. The highest BCUT2D eigenvalue weighted by Crippen LogP contribution is 2.04. The number of aromatic nitrogens is 2. The van der Waals surface area contributed by atoms with Crippen LogP contribution in [0.1, 0.15) is 63.5 Å². The van der Waals surface area contributed by atoms with Gasteiger partial charge in [-0.3, -0.25) is 9.59 Å². The Bertz CT molecular complexity index is 735. The number of nitrogens with one attached hydrogen (secondary N) is 1. The zero-order valence-electron chi connectivity index (χ0n) is 15.8. The Morgan fingerprint density at radius 2 is 1.96 bits per heavy atom. The van der Waals surface area contributed by atoms with Gasteiger partial charge in [0.25, 0.3) is 11.5 Å². The van der Waals surface area contributed by atoms with Crippen LogP contribution in [0.2, 0.25) is 0 Å². The molecule has 0 bridgehead atoms. The first-order valence-corrected chi connectivity index (χ1v) is 8.83. The molecular weight excluding hydrogens is 335 g/mol. The maximum atomic E-state index is 14.0. The second-order valence-corrected chi connectivity index (χ2v) is 5.92. The first-order valence-electron chi connectivity index (χ1n) is 8.83. The van der Waals surface area contributed by atoms with Crippen molar-refractivity contribution in [3.8, 4) is 0 Å². The lowest BCUT2D eigenvalue weighted by molar-refractivity contribution is 0.0969. The van der Waals surface area contributed by atoms with Crippen molar-refractivity contribution in [2.75, 3.05) is 0 Å². The summed E-state index contributed by atoms with van der Waals surface area (Å²) in [7, 11) is 0. The van der Waals surface area contributed by atoms with E-state index >= 15 is 0 Å². The summed E-state index contributed by atoms with van der Waals surface area (Å²) < 4.78 is 15.2. The molecule has 142 valence electrons. The van der Waals surface area contributed by atoms with Crippen LogP contribution in [-0.4, -0.2) is 27.8 Å². The third-order valence-electron chi connectivity index (χ3n) is 3.31. The van der Waals surface area contributed by atoms with Gasteiger partial charge in [-0.15, -0.1) is 0 Å². The van der Waals surface area contributed by atoms with Crippen LogP contribution < -0.4 is 10.9 Å². The van der Waals surface area contributed by atoms with Crippen LogP contribution >= 0.6 is 0 Å². The van der Waals surface area contributed by atoms with Crippen molar-refractivity contribution < 1.29 is 9.18 Å². The summed E-state index contributed by atoms with van der Waals surface area (Å²) in [6, 6.07) is 2.45. The first kappa shape index (κ1) is 21.5. The monoisotopic (exact) mass is 362 g/mol. The summed E-state index contributed by atoms with van der Waals surface area (Å²) in [6.45, 7) is 7.48. The van der Waals surface area contributed by atoms with Gasteiger partial charge in [-0.1, -0.05) is 32.1 Å². The Hall–Kier alpha value is -2.57. The van der Waals surface area contributed by atoms with Crippen molar-refractivity contribution in [3.63, 3.8) is 0 Å². The lowest BCUT2D eigenvalue weighted by Gasteiger charge is -2.10.